The average molecular weight is 307 g/mol. The van der Waals surface area contributed by atoms with Crippen LogP contribution in [0.4, 0.5) is 13.2 Å². The minimum Gasteiger partial charge on any atom is -0.247 e. The van der Waals surface area contributed by atoms with Gasteiger partial charge in [-0.05, 0) is 22.6 Å². The number of hydrogen-bond acceptors (Lipinski definition) is 1. The summed E-state index contributed by atoms with van der Waals surface area (Å²) in [5.41, 5.74) is -0.544. The maximum absolute atomic E-state index is 12.6. The average Bonchev–Trinajstić information content (AvgIpc) is 1.97. The smallest absolute Gasteiger partial charge is 0.247 e. The van der Waals surface area contributed by atoms with Crippen molar-refractivity contribution in [1.29, 1.82) is 0 Å². The molecule has 1 aromatic heterocycles. The van der Waals surface area contributed by atoms with Crippen LogP contribution in [0, 0.1) is 9.52 Å². The largest absolute Gasteiger partial charge is 0.267 e. The number of pyridine rings is 1. The molecule has 0 N–H and O–H groups in total. The van der Waals surface area contributed by atoms with Crippen LogP contribution in [0.25, 0.3) is 0 Å². The first-order valence-electron chi connectivity index (χ1n) is 2.81. The molecule has 0 aromatic carbocycles. The van der Waals surface area contributed by atoms with Gasteiger partial charge in [0.15, 0.2) is 5.82 Å². The summed E-state index contributed by atoms with van der Waals surface area (Å²) in [6, 6.07) is 0. The predicted molar refractivity (Wildman–Crippen MR) is 46.9 cm³/mol. The van der Waals surface area contributed by atoms with E-state index in [0.29, 0.717) is 0 Å². The highest BCUT2D eigenvalue weighted by Crippen LogP contribution is 2.31. The molecule has 0 saturated heterocycles. The van der Waals surface area contributed by atoms with Crippen molar-refractivity contribution in [2.75, 3.05) is 0 Å². The van der Waals surface area contributed by atoms with E-state index in [1.165, 1.54) is 0 Å². The van der Waals surface area contributed by atoms with E-state index in [9.17, 15) is 13.2 Å². The zero-order valence-corrected chi connectivity index (χ0v) is 8.41. The number of alkyl halides is 2. The SMILES string of the molecule is Fc1cnc(I)c(C(F)F)c1Cl. The van der Waals surface area contributed by atoms with Crippen molar-refractivity contribution < 1.29 is 13.2 Å². The first-order chi connectivity index (χ1) is 5.54. The predicted octanol–water partition coefficient (Wildman–Crippen LogP) is 3.42. The molecule has 66 valence electrons. The Morgan fingerprint density at radius 2 is 2.08 bits per heavy atom. The normalized spacial score (nSPS) is 10.8. The maximum Gasteiger partial charge on any atom is 0.267 e. The summed E-state index contributed by atoms with van der Waals surface area (Å²) in [6.07, 6.45) is -1.98. The van der Waals surface area contributed by atoms with Crippen LogP contribution < -0.4 is 0 Å². The minimum atomic E-state index is -2.80. The summed E-state index contributed by atoms with van der Waals surface area (Å²) in [5.74, 6) is -0.924. The van der Waals surface area contributed by atoms with Gasteiger partial charge in [0.2, 0.25) is 0 Å². The van der Waals surface area contributed by atoms with E-state index in [-0.39, 0.29) is 3.70 Å². The van der Waals surface area contributed by atoms with Crippen LogP contribution in [0.5, 0.6) is 0 Å². The van der Waals surface area contributed by atoms with E-state index in [1.807, 2.05) is 0 Å². The second-order valence-corrected chi connectivity index (χ2v) is 3.33. The highest BCUT2D eigenvalue weighted by Gasteiger charge is 2.19. The third-order valence-electron chi connectivity index (χ3n) is 1.18. The molecule has 0 unspecified atom stereocenters. The molecule has 1 rings (SSSR count). The van der Waals surface area contributed by atoms with Crippen molar-refractivity contribution >= 4 is 34.2 Å². The van der Waals surface area contributed by atoms with Crippen LogP contribution in [-0.4, -0.2) is 4.98 Å². The topological polar surface area (TPSA) is 12.9 Å². The van der Waals surface area contributed by atoms with Gasteiger partial charge in [0, 0.05) is 0 Å². The van der Waals surface area contributed by atoms with Crippen LogP contribution >= 0.6 is 34.2 Å². The Hall–Kier alpha value is -0.0400. The van der Waals surface area contributed by atoms with E-state index in [0.717, 1.165) is 6.20 Å². The van der Waals surface area contributed by atoms with E-state index in [2.05, 4.69) is 4.98 Å². The maximum atomic E-state index is 12.6. The highest BCUT2D eigenvalue weighted by atomic mass is 127. The van der Waals surface area contributed by atoms with Gasteiger partial charge in [-0.25, -0.2) is 18.2 Å². The zero-order valence-electron chi connectivity index (χ0n) is 5.49. The van der Waals surface area contributed by atoms with Crippen molar-refractivity contribution in [3.63, 3.8) is 0 Å². The first kappa shape index (κ1) is 10.0. The second-order valence-electron chi connectivity index (χ2n) is 1.93. The Morgan fingerprint density at radius 1 is 1.50 bits per heavy atom. The third kappa shape index (κ3) is 1.82. The Labute approximate surface area is 85.1 Å². The molecule has 0 saturated carbocycles. The molecular formula is C6H2ClF3IN. The van der Waals surface area contributed by atoms with Crippen molar-refractivity contribution in [2.24, 2.45) is 0 Å². The third-order valence-corrected chi connectivity index (χ3v) is 2.42. The molecule has 0 aliphatic rings. The molecule has 1 nitrogen and oxygen atoms in total. The van der Waals surface area contributed by atoms with E-state index in [4.69, 9.17) is 11.6 Å². The lowest BCUT2D eigenvalue weighted by atomic mass is 10.3. The van der Waals surface area contributed by atoms with Crippen LogP contribution in [0.2, 0.25) is 5.02 Å². The molecule has 0 radical (unpaired) electrons. The fourth-order valence-corrected chi connectivity index (χ4v) is 1.67. The van der Waals surface area contributed by atoms with Crippen LogP contribution in [0.3, 0.4) is 0 Å². The van der Waals surface area contributed by atoms with Crippen molar-refractivity contribution in [3.8, 4) is 0 Å². The molecule has 1 aromatic rings. The Morgan fingerprint density at radius 3 is 2.50 bits per heavy atom. The Bertz CT molecular complexity index is 305. The number of hydrogen-bond donors (Lipinski definition) is 0. The molecule has 0 fully saturated rings. The minimum absolute atomic E-state index is 0.0222. The molecule has 0 atom stereocenters. The van der Waals surface area contributed by atoms with E-state index in [1.54, 1.807) is 22.6 Å². The van der Waals surface area contributed by atoms with Gasteiger partial charge in [-0.3, -0.25) is 0 Å². The number of halogens is 5. The fraction of sp³-hybridized carbons (Fsp3) is 0.167. The molecule has 12 heavy (non-hydrogen) atoms. The van der Waals surface area contributed by atoms with Gasteiger partial charge in [0.25, 0.3) is 6.43 Å². The molecule has 6 heteroatoms. The van der Waals surface area contributed by atoms with Gasteiger partial charge < -0.3 is 0 Å². The van der Waals surface area contributed by atoms with E-state index < -0.39 is 22.8 Å². The van der Waals surface area contributed by atoms with Gasteiger partial charge >= 0.3 is 0 Å². The molecule has 0 aliphatic heterocycles. The number of aromatic nitrogens is 1. The summed E-state index contributed by atoms with van der Waals surface area (Å²) < 4.78 is 37.0. The Balaban J connectivity index is 3.33. The summed E-state index contributed by atoms with van der Waals surface area (Å²) in [5, 5.41) is -0.551. The van der Waals surface area contributed by atoms with Gasteiger partial charge in [-0.2, -0.15) is 0 Å². The van der Waals surface area contributed by atoms with E-state index >= 15 is 0 Å². The van der Waals surface area contributed by atoms with Gasteiger partial charge in [0.05, 0.1) is 16.8 Å². The quantitative estimate of drug-likeness (QED) is 0.572. The van der Waals surface area contributed by atoms with Crippen molar-refractivity contribution in [1.82, 2.24) is 4.98 Å². The molecule has 0 aliphatic carbocycles. The van der Waals surface area contributed by atoms with Gasteiger partial charge in [-0.15, -0.1) is 0 Å². The molecular weight excluding hydrogens is 305 g/mol. The standard InChI is InChI=1S/C6H2ClF3IN/c7-4-2(8)1-12-6(11)3(4)5(9)10/h1,5H. The van der Waals surface area contributed by atoms with Crippen LogP contribution in [-0.2, 0) is 0 Å². The molecule has 1 heterocycles. The van der Waals surface area contributed by atoms with Crippen LogP contribution in [0.1, 0.15) is 12.0 Å². The summed E-state index contributed by atoms with van der Waals surface area (Å²) in [6.45, 7) is 0. The molecule has 0 spiro atoms. The summed E-state index contributed by atoms with van der Waals surface area (Å²) in [7, 11) is 0. The van der Waals surface area contributed by atoms with Crippen molar-refractivity contribution in [2.45, 2.75) is 6.43 Å². The lowest BCUT2D eigenvalue weighted by molar-refractivity contribution is 0.149. The monoisotopic (exact) mass is 307 g/mol. The van der Waals surface area contributed by atoms with Gasteiger partial charge in [0.1, 0.15) is 3.70 Å². The lowest BCUT2D eigenvalue weighted by Crippen LogP contribution is -1.96. The molecule has 0 bridgehead atoms. The second kappa shape index (κ2) is 3.78. The van der Waals surface area contributed by atoms with Gasteiger partial charge in [-0.1, -0.05) is 11.6 Å². The fourth-order valence-electron chi connectivity index (χ4n) is 0.645. The Kier molecular flexibility index (Phi) is 3.16. The molecule has 0 amide bonds. The summed E-state index contributed by atoms with van der Waals surface area (Å²) >= 11 is 6.87. The zero-order chi connectivity index (χ0) is 9.30. The first-order valence-corrected chi connectivity index (χ1v) is 4.27. The summed E-state index contributed by atoms with van der Waals surface area (Å²) in [4.78, 5) is 3.41. The lowest BCUT2D eigenvalue weighted by Gasteiger charge is -2.04. The number of rotatable bonds is 1. The number of nitrogens with zero attached hydrogens (tertiary/aromatic N) is 1. The van der Waals surface area contributed by atoms with Crippen LogP contribution in [0.15, 0.2) is 6.20 Å². The highest BCUT2D eigenvalue weighted by molar-refractivity contribution is 14.1. The van der Waals surface area contributed by atoms with Crippen molar-refractivity contribution in [3.05, 3.63) is 26.3 Å².